The molecule has 0 heterocycles. The highest BCUT2D eigenvalue weighted by Gasteiger charge is 2.14. The molecule has 6 heteroatoms. The molecule has 0 aliphatic rings. The molecular weight excluding hydrogens is 328 g/mol. The van der Waals surface area contributed by atoms with Gasteiger partial charge in [-0.15, -0.1) is 0 Å². The summed E-state index contributed by atoms with van der Waals surface area (Å²) in [4.78, 5) is 0. The second-order valence-corrected chi connectivity index (χ2v) is 5.71. The van der Waals surface area contributed by atoms with Crippen LogP contribution in [0, 0.1) is 10.8 Å². The van der Waals surface area contributed by atoms with Gasteiger partial charge in [0.1, 0.15) is 5.75 Å². The van der Waals surface area contributed by atoms with E-state index >= 15 is 0 Å². The molecule has 0 aliphatic heterocycles. The van der Waals surface area contributed by atoms with Gasteiger partial charge >= 0.3 is 0 Å². The molecule has 0 spiro atoms. The lowest BCUT2D eigenvalue weighted by Gasteiger charge is -2.14. The molecule has 2 aromatic rings. The van der Waals surface area contributed by atoms with Crippen molar-refractivity contribution in [2.75, 3.05) is 7.11 Å². The first-order valence-electron chi connectivity index (χ1n) is 7.33. The Labute approximate surface area is 145 Å². The lowest BCUT2D eigenvalue weighted by atomic mass is 9.99. The van der Waals surface area contributed by atoms with Gasteiger partial charge in [0.2, 0.25) is 0 Å². The fourth-order valence-electron chi connectivity index (χ4n) is 2.34. The van der Waals surface area contributed by atoms with E-state index in [4.69, 9.17) is 31.9 Å². The van der Waals surface area contributed by atoms with Gasteiger partial charge in [0.25, 0.3) is 0 Å². The molecule has 126 valence electrons. The molecule has 5 nitrogen and oxygen atoms in total. The molecule has 0 saturated carbocycles. The van der Waals surface area contributed by atoms with Crippen molar-refractivity contribution in [1.82, 2.24) is 0 Å². The molecule has 0 saturated heterocycles. The van der Waals surface area contributed by atoms with Crippen molar-refractivity contribution in [2.24, 2.45) is 0 Å². The monoisotopic (exact) mass is 346 g/mol. The van der Waals surface area contributed by atoms with Crippen molar-refractivity contribution in [1.29, 1.82) is 10.8 Å². The Balaban J connectivity index is 2.26. The first kappa shape index (κ1) is 18.0. The van der Waals surface area contributed by atoms with E-state index in [0.717, 1.165) is 11.1 Å². The minimum atomic E-state index is -0.893. The summed E-state index contributed by atoms with van der Waals surface area (Å²) in [5.41, 5.74) is 2.38. The molecule has 0 radical (unpaired) electrons. The quantitative estimate of drug-likeness (QED) is 0.553. The van der Waals surface area contributed by atoms with Crippen LogP contribution in [0.15, 0.2) is 42.5 Å². The van der Waals surface area contributed by atoms with Gasteiger partial charge in [-0.05, 0) is 35.4 Å². The first-order valence-corrected chi connectivity index (χ1v) is 7.71. The molecule has 1 unspecified atom stereocenters. The van der Waals surface area contributed by atoms with Crippen LogP contribution in [0.25, 0.3) is 11.1 Å². The van der Waals surface area contributed by atoms with E-state index in [0.29, 0.717) is 16.3 Å². The summed E-state index contributed by atoms with van der Waals surface area (Å²) in [7, 11) is 1.58. The summed E-state index contributed by atoms with van der Waals surface area (Å²) in [6.07, 6.45) is -0.896. The summed E-state index contributed by atoms with van der Waals surface area (Å²) in [5, 5.41) is 25.7. The van der Waals surface area contributed by atoms with Gasteiger partial charge < -0.3 is 14.6 Å². The maximum absolute atomic E-state index is 10.3. The molecule has 0 fully saturated rings. The number of hydrogen-bond donors (Lipinski definition) is 3. The number of benzene rings is 2. The molecule has 1 atom stereocenters. The van der Waals surface area contributed by atoms with E-state index in [1.54, 1.807) is 25.3 Å². The van der Waals surface area contributed by atoms with Gasteiger partial charge in [-0.25, -0.2) is 0 Å². The van der Waals surface area contributed by atoms with Crippen molar-refractivity contribution >= 4 is 23.4 Å². The number of rotatable bonds is 5. The second-order valence-electron chi connectivity index (χ2n) is 5.27. The standard InChI is InChI=1S/C18H19ClN2O3/c1-11(20)24-18(21)10-16(22)13-5-3-4-12(8-13)15-7-6-14(19)9-17(15)23-2/h3-9,16,20-22H,10H2,1-2H3. The zero-order valence-corrected chi connectivity index (χ0v) is 14.2. The highest BCUT2D eigenvalue weighted by atomic mass is 35.5. The molecule has 2 rings (SSSR count). The minimum absolute atomic E-state index is 0.00255. The first-order chi connectivity index (χ1) is 11.4. The van der Waals surface area contributed by atoms with Crippen LogP contribution < -0.4 is 4.74 Å². The number of methoxy groups -OCH3 is 1. The number of ether oxygens (including phenoxy) is 2. The molecule has 0 aromatic heterocycles. The number of nitrogens with one attached hydrogen (secondary N) is 2. The molecule has 0 amide bonds. The number of hydrogen-bond acceptors (Lipinski definition) is 5. The third-order valence-electron chi connectivity index (χ3n) is 3.40. The normalized spacial score (nSPS) is 11.7. The third-order valence-corrected chi connectivity index (χ3v) is 3.64. The van der Waals surface area contributed by atoms with Crippen LogP contribution in [0.4, 0.5) is 0 Å². The van der Waals surface area contributed by atoms with Gasteiger partial charge in [0.05, 0.1) is 19.6 Å². The van der Waals surface area contributed by atoms with Crippen LogP contribution in [0.3, 0.4) is 0 Å². The fourth-order valence-corrected chi connectivity index (χ4v) is 2.50. The summed E-state index contributed by atoms with van der Waals surface area (Å²) in [5.74, 6) is 0.418. The van der Waals surface area contributed by atoms with Crippen molar-refractivity contribution in [3.63, 3.8) is 0 Å². The third kappa shape index (κ3) is 4.57. The van der Waals surface area contributed by atoms with Crippen LogP contribution in [0.5, 0.6) is 5.75 Å². The average molecular weight is 347 g/mol. The minimum Gasteiger partial charge on any atom is -0.496 e. The van der Waals surface area contributed by atoms with E-state index in [-0.39, 0.29) is 18.2 Å². The maximum atomic E-state index is 10.3. The SMILES string of the molecule is COc1cc(Cl)ccc1-c1cccc(C(O)CC(=N)OC(C)=N)c1. The summed E-state index contributed by atoms with van der Waals surface area (Å²) >= 11 is 5.99. The van der Waals surface area contributed by atoms with Crippen LogP contribution in [-0.4, -0.2) is 24.0 Å². The van der Waals surface area contributed by atoms with Gasteiger partial charge in [-0.3, -0.25) is 10.8 Å². The van der Waals surface area contributed by atoms with Crippen LogP contribution in [-0.2, 0) is 4.74 Å². The Hall–Kier alpha value is -2.37. The molecule has 3 N–H and O–H groups in total. The number of halogens is 1. The number of aliphatic hydroxyl groups is 1. The van der Waals surface area contributed by atoms with Crippen molar-refractivity contribution in [3.8, 4) is 16.9 Å². The molecule has 0 aliphatic carbocycles. The Morgan fingerprint density at radius 2 is 1.96 bits per heavy atom. The smallest absolute Gasteiger partial charge is 0.191 e. The Kier molecular flexibility index (Phi) is 5.95. The Morgan fingerprint density at radius 1 is 1.21 bits per heavy atom. The Morgan fingerprint density at radius 3 is 2.62 bits per heavy atom. The highest BCUT2D eigenvalue weighted by Crippen LogP contribution is 2.33. The average Bonchev–Trinajstić information content (AvgIpc) is 2.53. The van der Waals surface area contributed by atoms with Crippen LogP contribution in [0.1, 0.15) is 25.0 Å². The lowest BCUT2D eigenvalue weighted by Crippen LogP contribution is -2.12. The van der Waals surface area contributed by atoms with Crippen molar-refractivity contribution in [3.05, 3.63) is 53.1 Å². The van der Waals surface area contributed by atoms with Gasteiger partial charge in [-0.2, -0.15) is 0 Å². The maximum Gasteiger partial charge on any atom is 0.191 e. The molecule has 0 bridgehead atoms. The molecule has 24 heavy (non-hydrogen) atoms. The predicted molar refractivity (Wildman–Crippen MR) is 95.2 cm³/mol. The fraction of sp³-hybridized carbons (Fsp3) is 0.222. The number of aliphatic hydroxyl groups excluding tert-OH is 1. The summed E-state index contributed by atoms with van der Waals surface area (Å²) in [6.45, 7) is 1.44. The topological polar surface area (TPSA) is 86.4 Å². The van der Waals surface area contributed by atoms with Gasteiger partial charge in [-0.1, -0.05) is 29.8 Å². The highest BCUT2D eigenvalue weighted by molar-refractivity contribution is 6.30. The molecular formula is C18H19ClN2O3. The van der Waals surface area contributed by atoms with Gasteiger partial charge in [0.15, 0.2) is 11.8 Å². The summed E-state index contributed by atoms with van der Waals surface area (Å²) < 4.78 is 10.2. The van der Waals surface area contributed by atoms with Crippen LogP contribution in [0.2, 0.25) is 5.02 Å². The zero-order valence-electron chi connectivity index (χ0n) is 13.5. The second kappa shape index (κ2) is 7.95. The van der Waals surface area contributed by atoms with E-state index in [1.807, 2.05) is 24.3 Å². The Bertz CT molecular complexity index is 762. The van der Waals surface area contributed by atoms with E-state index < -0.39 is 6.10 Å². The van der Waals surface area contributed by atoms with Crippen molar-refractivity contribution < 1.29 is 14.6 Å². The van der Waals surface area contributed by atoms with Crippen molar-refractivity contribution in [2.45, 2.75) is 19.4 Å². The predicted octanol–water partition coefficient (Wildman–Crippen LogP) is 4.43. The van der Waals surface area contributed by atoms with E-state index in [9.17, 15) is 5.11 Å². The van der Waals surface area contributed by atoms with E-state index in [1.165, 1.54) is 6.92 Å². The molecule has 2 aromatic carbocycles. The van der Waals surface area contributed by atoms with Gasteiger partial charge in [0, 0.05) is 17.5 Å². The summed E-state index contributed by atoms with van der Waals surface area (Å²) in [6, 6.07) is 12.7. The van der Waals surface area contributed by atoms with E-state index in [2.05, 4.69) is 0 Å². The zero-order chi connectivity index (χ0) is 17.7. The lowest BCUT2D eigenvalue weighted by molar-refractivity contribution is 0.180. The van der Waals surface area contributed by atoms with Crippen LogP contribution >= 0.6 is 11.6 Å². The largest absolute Gasteiger partial charge is 0.496 e.